The van der Waals surface area contributed by atoms with Crippen LogP contribution in [0.5, 0.6) is 11.5 Å². The molecule has 0 saturated heterocycles. The zero-order valence-corrected chi connectivity index (χ0v) is 16.0. The van der Waals surface area contributed by atoms with Crippen LogP contribution in [0.1, 0.15) is 17.5 Å². The second kappa shape index (κ2) is 8.48. The Morgan fingerprint density at radius 2 is 2.00 bits per heavy atom. The van der Waals surface area contributed by atoms with Gasteiger partial charge in [0, 0.05) is 25.6 Å². The van der Waals surface area contributed by atoms with Crippen molar-refractivity contribution in [1.29, 1.82) is 0 Å². The lowest BCUT2D eigenvalue weighted by molar-refractivity contribution is -0.137. The molecule has 0 bridgehead atoms. The highest BCUT2D eigenvalue weighted by Crippen LogP contribution is 2.33. The van der Waals surface area contributed by atoms with Crippen LogP contribution in [-0.2, 0) is 20.9 Å². The first-order valence-corrected chi connectivity index (χ1v) is 9.26. The number of ether oxygens (including phenoxy) is 3. The Bertz CT molecular complexity index is 916. The number of carbonyl (C=O) groups excluding carboxylic acids is 1. The highest BCUT2D eigenvalue weighted by atomic mass is 19.1. The highest BCUT2D eigenvalue weighted by Gasteiger charge is 2.28. The van der Waals surface area contributed by atoms with Crippen molar-refractivity contribution in [1.82, 2.24) is 4.90 Å². The number of carbonyl (C=O) groups is 1. The third-order valence-corrected chi connectivity index (χ3v) is 4.77. The molecular weight excluding hydrogens is 379 g/mol. The molecule has 1 atom stereocenters. The quantitative estimate of drug-likeness (QED) is 0.715. The van der Waals surface area contributed by atoms with Gasteiger partial charge < -0.3 is 23.9 Å². The lowest BCUT2D eigenvalue weighted by Crippen LogP contribution is -2.39. The van der Waals surface area contributed by atoms with E-state index >= 15 is 0 Å². The number of nitrogens with zero attached hydrogens (tertiary/aromatic N) is 2. The van der Waals surface area contributed by atoms with E-state index in [2.05, 4.69) is 5.16 Å². The van der Waals surface area contributed by atoms with E-state index in [0.717, 1.165) is 16.8 Å². The minimum absolute atomic E-state index is 0.0379. The molecule has 0 aliphatic carbocycles. The van der Waals surface area contributed by atoms with Gasteiger partial charge in [0.15, 0.2) is 17.6 Å². The third-order valence-electron chi connectivity index (χ3n) is 4.77. The maximum absolute atomic E-state index is 13.2. The van der Waals surface area contributed by atoms with Gasteiger partial charge >= 0.3 is 0 Å². The number of benzene rings is 2. The molecule has 0 radical (unpaired) electrons. The summed E-state index contributed by atoms with van der Waals surface area (Å²) in [5.74, 6) is 0.906. The standard InChI is InChI=1S/C21H21FN2O5/c1-26-12-21(25)24(10-14-2-5-16(22)6-3-14)11-17-9-18(23-29-17)15-4-7-19-20(8-15)28-13-27-19/h2-8,17H,9-13H2,1H3/t17-/m1/s1. The van der Waals surface area contributed by atoms with Crippen molar-refractivity contribution in [3.63, 3.8) is 0 Å². The largest absolute Gasteiger partial charge is 0.454 e. The molecule has 8 heteroatoms. The Morgan fingerprint density at radius 1 is 1.21 bits per heavy atom. The van der Waals surface area contributed by atoms with Gasteiger partial charge in [0.1, 0.15) is 12.4 Å². The van der Waals surface area contributed by atoms with Gasteiger partial charge in [-0.3, -0.25) is 4.79 Å². The van der Waals surface area contributed by atoms with Gasteiger partial charge in [0.05, 0.1) is 12.3 Å². The lowest BCUT2D eigenvalue weighted by Gasteiger charge is -2.24. The third kappa shape index (κ3) is 4.48. The smallest absolute Gasteiger partial charge is 0.248 e. The molecule has 2 heterocycles. The Balaban J connectivity index is 1.41. The molecule has 0 aromatic heterocycles. The van der Waals surface area contributed by atoms with Crippen LogP contribution in [0.3, 0.4) is 0 Å². The molecular formula is C21H21FN2O5. The average molecular weight is 400 g/mol. The lowest BCUT2D eigenvalue weighted by atomic mass is 10.0. The summed E-state index contributed by atoms with van der Waals surface area (Å²) in [6.07, 6.45) is 0.275. The van der Waals surface area contributed by atoms with Gasteiger partial charge in [-0.15, -0.1) is 0 Å². The number of hydrogen-bond donors (Lipinski definition) is 0. The summed E-state index contributed by atoms with van der Waals surface area (Å²) in [7, 11) is 1.47. The van der Waals surface area contributed by atoms with Crippen molar-refractivity contribution in [3.05, 3.63) is 59.4 Å². The summed E-state index contributed by atoms with van der Waals surface area (Å²) < 4.78 is 28.9. The summed E-state index contributed by atoms with van der Waals surface area (Å²) in [4.78, 5) is 19.7. The molecule has 29 heavy (non-hydrogen) atoms. The summed E-state index contributed by atoms with van der Waals surface area (Å²) in [6.45, 7) is 0.854. The monoisotopic (exact) mass is 400 g/mol. The molecule has 7 nitrogen and oxygen atoms in total. The van der Waals surface area contributed by atoms with E-state index in [1.165, 1.54) is 19.2 Å². The minimum Gasteiger partial charge on any atom is -0.454 e. The molecule has 0 unspecified atom stereocenters. The molecule has 2 aromatic carbocycles. The van der Waals surface area contributed by atoms with E-state index in [4.69, 9.17) is 19.0 Å². The zero-order valence-electron chi connectivity index (χ0n) is 16.0. The van der Waals surface area contributed by atoms with Crippen molar-refractivity contribution in [3.8, 4) is 11.5 Å². The van der Waals surface area contributed by atoms with Crippen LogP contribution >= 0.6 is 0 Å². The van der Waals surface area contributed by atoms with Crippen molar-refractivity contribution in [2.24, 2.45) is 5.16 Å². The highest BCUT2D eigenvalue weighted by molar-refractivity contribution is 6.01. The second-order valence-electron chi connectivity index (χ2n) is 6.87. The van der Waals surface area contributed by atoms with E-state index in [0.29, 0.717) is 31.0 Å². The molecule has 152 valence electrons. The topological polar surface area (TPSA) is 69.6 Å². The Labute approximate surface area is 167 Å². The van der Waals surface area contributed by atoms with Crippen LogP contribution in [-0.4, -0.2) is 49.7 Å². The van der Waals surface area contributed by atoms with Crippen LogP contribution < -0.4 is 9.47 Å². The predicted octanol–water partition coefficient (Wildman–Crippen LogP) is 2.72. The first kappa shape index (κ1) is 19.2. The van der Waals surface area contributed by atoms with Crippen molar-refractivity contribution in [2.45, 2.75) is 19.1 Å². The zero-order chi connectivity index (χ0) is 20.2. The van der Waals surface area contributed by atoms with E-state index in [1.54, 1.807) is 17.0 Å². The van der Waals surface area contributed by atoms with Crippen LogP contribution in [0, 0.1) is 5.82 Å². The van der Waals surface area contributed by atoms with Gasteiger partial charge in [-0.1, -0.05) is 17.3 Å². The Morgan fingerprint density at radius 3 is 2.79 bits per heavy atom. The van der Waals surface area contributed by atoms with Gasteiger partial charge in [-0.05, 0) is 35.9 Å². The molecule has 2 aliphatic rings. The fourth-order valence-corrected chi connectivity index (χ4v) is 3.30. The first-order chi connectivity index (χ1) is 14.1. The van der Waals surface area contributed by atoms with E-state index in [1.807, 2.05) is 18.2 Å². The van der Waals surface area contributed by atoms with Crippen molar-refractivity contribution in [2.75, 3.05) is 27.1 Å². The van der Waals surface area contributed by atoms with Gasteiger partial charge in [-0.2, -0.15) is 0 Å². The Kier molecular flexibility index (Phi) is 5.62. The maximum atomic E-state index is 13.2. The molecule has 1 amide bonds. The molecule has 4 rings (SSSR count). The first-order valence-electron chi connectivity index (χ1n) is 9.26. The van der Waals surface area contributed by atoms with Crippen LogP contribution in [0.25, 0.3) is 0 Å². The number of amides is 1. The van der Waals surface area contributed by atoms with Crippen LogP contribution in [0.15, 0.2) is 47.6 Å². The number of oxime groups is 1. The molecule has 0 spiro atoms. The maximum Gasteiger partial charge on any atom is 0.248 e. The van der Waals surface area contributed by atoms with Gasteiger partial charge in [0.2, 0.25) is 12.7 Å². The average Bonchev–Trinajstić information content (AvgIpc) is 3.38. The van der Waals surface area contributed by atoms with Crippen molar-refractivity contribution < 1.29 is 28.2 Å². The summed E-state index contributed by atoms with van der Waals surface area (Å²) in [5.41, 5.74) is 2.50. The second-order valence-corrected chi connectivity index (χ2v) is 6.87. The Hall–Kier alpha value is -3.13. The van der Waals surface area contributed by atoms with Crippen LogP contribution in [0.2, 0.25) is 0 Å². The predicted molar refractivity (Wildman–Crippen MR) is 102 cm³/mol. The van der Waals surface area contributed by atoms with Crippen LogP contribution in [0.4, 0.5) is 4.39 Å². The molecule has 0 N–H and O–H groups in total. The van der Waals surface area contributed by atoms with E-state index in [9.17, 15) is 9.18 Å². The summed E-state index contributed by atoms with van der Waals surface area (Å²) in [6, 6.07) is 11.7. The molecule has 2 aromatic rings. The molecule has 2 aliphatic heterocycles. The minimum atomic E-state index is -0.315. The van der Waals surface area contributed by atoms with Crippen molar-refractivity contribution >= 4 is 11.6 Å². The fraction of sp³-hybridized carbons (Fsp3) is 0.333. The number of halogens is 1. The van der Waals surface area contributed by atoms with E-state index in [-0.39, 0.29) is 31.2 Å². The SMILES string of the molecule is COCC(=O)N(Cc1ccc(F)cc1)C[C@H]1CC(c2ccc3c(c2)OCO3)=NO1. The fourth-order valence-electron chi connectivity index (χ4n) is 3.30. The van der Waals surface area contributed by atoms with Gasteiger partial charge in [0.25, 0.3) is 0 Å². The molecule has 0 fully saturated rings. The summed E-state index contributed by atoms with van der Waals surface area (Å²) >= 11 is 0. The number of fused-ring (bicyclic) bond motifs is 1. The number of methoxy groups -OCH3 is 1. The normalized spacial score (nSPS) is 17.0. The van der Waals surface area contributed by atoms with E-state index < -0.39 is 0 Å². The van der Waals surface area contributed by atoms with Gasteiger partial charge in [-0.25, -0.2) is 4.39 Å². The number of hydrogen-bond acceptors (Lipinski definition) is 6. The number of rotatable bonds is 7. The molecule has 0 saturated carbocycles. The summed E-state index contributed by atoms with van der Waals surface area (Å²) in [5, 5.41) is 4.19.